The predicted octanol–water partition coefficient (Wildman–Crippen LogP) is 2.09. The minimum Gasteiger partial charge on any atom is -0.339 e. The molecule has 0 N–H and O–H groups in total. The number of aromatic nitrogens is 1. The minimum absolute atomic E-state index is 0.0975. The SMILES string of the molecule is CCCN(CC)C(=O)c1ccncc1F. The molecule has 0 aliphatic carbocycles. The van der Waals surface area contributed by atoms with E-state index in [0.29, 0.717) is 13.1 Å². The lowest BCUT2D eigenvalue weighted by Crippen LogP contribution is -2.32. The van der Waals surface area contributed by atoms with Gasteiger partial charge in [0, 0.05) is 19.3 Å². The zero-order chi connectivity index (χ0) is 11.3. The predicted molar refractivity (Wildman–Crippen MR) is 56.1 cm³/mol. The Balaban J connectivity index is 2.88. The number of carbonyl (C=O) groups excluding carboxylic acids is 1. The van der Waals surface area contributed by atoms with Gasteiger partial charge in [0.1, 0.15) is 0 Å². The van der Waals surface area contributed by atoms with E-state index in [9.17, 15) is 9.18 Å². The fourth-order valence-corrected chi connectivity index (χ4v) is 1.39. The number of rotatable bonds is 4. The van der Waals surface area contributed by atoms with Crippen LogP contribution in [0.5, 0.6) is 0 Å². The summed E-state index contributed by atoms with van der Waals surface area (Å²) in [7, 11) is 0. The van der Waals surface area contributed by atoms with E-state index in [-0.39, 0.29) is 11.5 Å². The van der Waals surface area contributed by atoms with E-state index in [0.717, 1.165) is 12.6 Å². The molecule has 0 bridgehead atoms. The van der Waals surface area contributed by atoms with E-state index in [1.165, 1.54) is 12.3 Å². The van der Waals surface area contributed by atoms with Crippen molar-refractivity contribution in [3.05, 3.63) is 29.8 Å². The molecule has 0 saturated heterocycles. The van der Waals surface area contributed by atoms with Crippen molar-refractivity contribution in [3.8, 4) is 0 Å². The standard InChI is InChI=1S/C11H15FN2O/c1-3-7-14(4-2)11(15)9-5-6-13-8-10(9)12/h5-6,8H,3-4,7H2,1-2H3. The highest BCUT2D eigenvalue weighted by Crippen LogP contribution is 2.08. The first-order chi connectivity index (χ1) is 7.20. The first-order valence-electron chi connectivity index (χ1n) is 5.09. The highest BCUT2D eigenvalue weighted by Gasteiger charge is 2.16. The van der Waals surface area contributed by atoms with Crippen LogP contribution in [0.15, 0.2) is 18.5 Å². The summed E-state index contributed by atoms with van der Waals surface area (Å²) in [6, 6.07) is 1.41. The second-order valence-corrected chi connectivity index (χ2v) is 3.24. The third-order valence-electron chi connectivity index (χ3n) is 2.17. The molecule has 82 valence electrons. The Morgan fingerprint density at radius 2 is 2.27 bits per heavy atom. The average molecular weight is 210 g/mol. The Morgan fingerprint density at radius 3 is 2.80 bits per heavy atom. The summed E-state index contributed by atoms with van der Waals surface area (Å²) in [4.78, 5) is 17.1. The fourth-order valence-electron chi connectivity index (χ4n) is 1.39. The van der Waals surface area contributed by atoms with Gasteiger partial charge in [-0.25, -0.2) is 4.39 Å². The van der Waals surface area contributed by atoms with Crippen molar-refractivity contribution in [2.45, 2.75) is 20.3 Å². The molecule has 3 nitrogen and oxygen atoms in total. The zero-order valence-electron chi connectivity index (χ0n) is 9.03. The van der Waals surface area contributed by atoms with E-state index < -0.39 is 5.82 Å². The van der Waals surface area contributed by atoms with E-state index in [1.54, 1.807) is 4.90 Å². The van der Waals surface area contributed by atoms with Crippen LogP contribution in [0.1, 0.15) is 30.6 Å². The molecule has 0 spiro atoms. The van der Waals surface area contributed by atoms with Gasteiger partial charge in [-0.15, -0.1) is 0 Å². The Kier molecular flexibility index (Phi) is 4.21. The van der Waals surface area contributed by atoms with Gasteiger partial charge in [-0.05, 0) is 19.4 Å². The topological polar surface area (TPSA) is 33.2 Å². The van der Waals surface area contributed by atoms with Crippen molar-refractivity contribution in [3.63, 3.8) is 0 Å². The molecule has 1 heterocycles. The average Bonchev–Trinajstić information content (AvgIpc) is 2.25. The lowest BCUT2D eigenvalue weighted by Gasteiger charge is -2.20. The maximum atomic E-state index is 13.3. The summed E-state index contributed by atoms with van der Waals surface area (Å²) in [5.41, 5.74) is 0.0975. The van der Waals surface area contributed by atoms with Crippen LogP contribution in [0.25, 0.3) is 0 Å². The molecule has 0 aliphatic heterocycles. The number of hydrogen-bond acceptors (Lipinski definition) is 2. The molecule has 0 atom stereocenters. The van der Waals surface area contributed by atoms with E-state index >= 15 is 0 Å². The summed E-state index contributed by atoms with van der Waals surface area (Å²) in [6.07, 6.45) is 3.36. The van der Waals surface area contributed by atoms with Crippen molar-refractivity contribution >= 4 is 5.91 Å². The van der Waals surface area contributed by atoms with Crippen molar-refractivity contribution in [1.82, 2.24) is 9.88 Å². The van der Waals surface area contributed by atoms with Gasteiger partial charge >= 0.3 is 0 Å². The quantitative estimate of drug-likeness (QED) is 0.762. The molecule has 0 radical (unpaired) electrons. The minimum atomic E-state index is -0.558. The molecule has 4 heteroatoms. The molecule has 0 fully saturated rings. The monoisotopic (exact) mass is 210 g/mol. The normalized spacial score (nSPS) is 10.1. The number of pyridine rings is 1. The molecule has 15 heavy (non-hydrogen) atoms. The van der Waals surface area contributed by atoms with Crippen molar-refractivity contribution < 1.29 is 9.18 Å². The molecule has 0 aliphatic rings. The third kappa shape index (κ3) is 2.75. The van der Waals surface area contributed by atoms with Crippen LogP contribution in [0.4, 0.5) is 4.39 Å². The molecular weight excluding hydrogens is 195 g/mol. The van der Waals surface area contributed by atoms with Crippen LogP contribution in [0.2, 0.25) is 0 Å². The van der Waals surface area contributed by atoms with Crippen LogP contribution in [0.3, 0.4) is 0 Å². The molecule has 0 saturated carbocycles. The maximum Gasteiger partial charge on any atom is 0.256 e. The van der Waals surface area contributed by atoms with Crippen LogP contribution in [-0.4, -0.2) is 28.9 Å². The Hall–Kier alpha value is -1.45. The summed E-state index contributed by atoms with van der Waals surface area (Å²) in [6.45, 7) is 5.11. The molecular formula is C11H15FN2O. The van der Waals surface area contributed by atoms with Gasteiger partial charge in [0.15, 0.2) is 5.82 Å². The van der Waals surface area contributed by atoms with E-state index in [4.69, 9.17) is 0 Å². The van der Waals surface area contributed by atoms with Crippen LogP contribution in [-0.2, 0) is 0 Å². The van der Waals surface area contributed by atoms with Crippen LogP contribution in [0, 0.1) is 5.82 Å². The fraction of sp³-hybridized carbons (Fsp3) is 0.455. The lowest BCUT2D eigenvalue weighted by atomic mass is 10.2. The second kappa shape index (κ2) is 5.44. The van der Waals surface area contributed by atoms with Crippen molar-refractivity contribution in [2.75, 3.05) is 13.1 Å². The first-order valence-corrected chi connectivity index (χ1v) is 5.09. The summed E-state index contributed by atoms with van der Waals surface area (Å²) in [5.74, 6) is -0.823. The highest BCUT2D eigenvalue weighted by molar-refractivity contribution is 5.94. The summed E-state index contributed by atoms with van der Waals surface area (Å²) < 4.78 is 13.3. The Labute approximate surface area is 88.9 Å². The van der Waals surface area contributed by atoms with Crippen molar-refractivity contribution in [1.29, 1.82) is 0 Å². The number of nitrogens with zero attached hydrogens (tertiary/aromatic N) is 2. The van der Waals surface area contributed by atoms with Gasteiger partial charge in [0.05, 0.1) is 11.8 Å². The van der Waals surface area contributed by atoms with Gasteiger partial charge in [0.2, 0.25) is 0 Å². The summed E-state index contributed by atoms with van der Waals surface area (Å²) in [5, 5.41) is 0. The van der Waals surface area contributed by atoms with Gasteiger partial charge in [0.25, 0.3) is 5.91 Å². The number of amides is 1. The molecule has 0 aromatic carbocycles. The van der Waals surface area contributed by atoms with Gasteiger partial charge in [-0.2, -0.15) is 0 Å². The van der Waals surface area contributed by atoms with Gasteiger partial charge < -0.3 is 4.90 Å². The number of halogens is 1. The smallest absolute Gasteiger partial charge is 0.256 e. The van der Waals surface area contributed by atoms with Crippen LogP contribution < -0.4 is 0 Å². The van der Waals surface area contributed by atoms with Gasteiger partial charge in [-0.3, -0.25) is 9.78 Å². The molecule has 0 unspecified atom stereocenters. The van der Waals surface area contributed by atoms with Crippen LogP contribution >= 0.6 is 0 Å². The maximum absolute atomic E-state index is 13.3. The second-order valence-electron chi connectivity index (χ2n) is 3.24. The zero-order valence-corrected chi connectivity index (χ0v) is 9.03. The third-order valence-corrected chi connectivity index (χ3v) is 2.17. The van der Waals surface area contributed by atoms with E-state index in [1.807, 2.05) is 13.8 Å². The van der Waals surface area contributed by atoms with Crippen molar-refractivity contribution in [2.24, 2.45) is 0 Å². The number of carbonyl (C=O) groups is 1. The molecule has 1 aromatic rings. The molecule has 1 amide bonds. The largest absolute Gasteiger partial charge is 0.339 e. The highest BCUT2D eigenvalue weighted by atomic mass is 19.1. The Bertz CT molecular complexity index is 341. The molecule has 1 aromatic heterocycles. The first kappa shape index (κ1) is 11.6. The van der Waals surface area contributed by atoms with Gasteiger partial charge in [-0.1, -0.05) is 6.92 Å². The molecule has 1 rings (SSSR count). The Morgan fingerprint density at radius 1 is 1.53 bits per heavy atom. The number of hydrogen-bond donors (Lipinski definition) is 0. The summed E-state index contributed by atoms with van der Waals surface area (Å²) >= 11 is 0. The lowest BCUT2D eigenvalue weighted by molar-refractivity contribution is 0.0759. The van der Waals surface area contributed by atoms with E-state index in [2.05, 4.69) is 4.98 Å².